The van der Waals surface area contributed by atoms with E-state index in [1.807, 2.05) is 48.1 Å². The second-order valence-electron chi connectivity index (χ2n) is 4.55. The third-order valence-electron chi connectivity index (χ3n) is 2.88. The molecule has 3 nitrogen and oxygen atoms in total. The number of carbonyl (C=O) groups excluding carboxylic acids is 1. The highest BCUT2D eigenvalue weighted by Gasteiger charge is 2.12. The van der Waals surface area contributed by atoms with E-state index >= 15 is 0 Å². The van der Waals surface area contributed by atoms with Gasteiger partial charge in [0.2, 0.25) is 12.3 Å². The molecule has 1 heterocycles. The number of Topliss-reactive ketones (excluding diaryl/α,β-unsaturated/α-hetero) is 1. The van der Waals surface area contributed by atoms with Gasteiger partial charge in [-0.1, -0.05) is 11.6 Å². The van der Waals surface area contributed by atoms with Crippen LogP contribution < -0.4 is 21.9 Å². The number of rotatable bonds is 4. The lowest BCUT2D eigenvalue weighted by Gasteiger charge is -2.10. The van der Waals surface area contributed by atoms with E-state index in [-0.39, 0.29) is 18.2 Å². The number of benzene rings is 1. The van der Waals surface area contributed by atoms with Gasteiger partial charge in [-0.3, -0.25) is 4.79 Å². The Hall–Kier alpha value is -1.58. The maximum atomic E-state index is 12.1. The minimum Gasteiger partial charge on any atom is -1.00 e. The molecule has 20 heavy (non-hydrogen) atoms. The zero-order chi connectivity index (χ0) is 13.8. The predicted octanol–water partition coefficient (Wildman–Crippen LogP) is -0.420. The molecule has 0 fully saturated rings. The van der Waals surface area contributed by atoms with Crippen molar-refractivity contribution < 1.29 is 21.8 Å². The SMILES string of the molecule is CN(C)c1cc[n+](CC(=O)c2ccc(Cl)cc2)cc1.[Cl-]. The molecule has 0 spiro atoms. The second-order valence-corrected chi connectivity index (χ2v) is 4.99. The number of hydrogen-bond donors (Lipinski definition) is 0. The fourth-order valence-electron chi connectivity index (χ4n) is 1.75. The van der Waals surface area contributed by atoms with E-state index in [2.05, 4.69) is 0 Å². The average Bonchev–Trinajstić information content (AvgIpc) is 2.40. The van der Waals surface area contributed by atoms with Crippen LogP contribution >= 0.6 is 11.6 Å². The molecule has 2 rings (SSSR count). The topological polar surface area (TPSA) is 24.2 Å². The molecule has 0 aliphatic carbocycles. The van der Waals surface area contributed by atoms with Gasteiger partial charge in [-0.05, 0) is 24.3 Å². The molecule has 0 atom stereocenters. The number of halogens is 2. The zero-order valence-electron chi connectivity index (χ0n) is 11.4. The molecular weight excluding hydrogens is 295 g/mol. The summed E-state index contributed by atoms with van der Waals surface area (Å²) in [5.74, 6) is 0.0688. The lowest BCUT2D eigenvalue weighted by molar-refractivity contribution is -0.683. The van der Waals surface area contributed by atoms with Crippen LogP contribution in [-0.2, 0) is 6.54 Å². The minimum atomic E-state index is 0. The summed E-state index contributed by atoms with van der Waals surface area (Å²) in [5, 5.41) is 0.638. The first kappa shape index (κ1) is 16.5. The van der Waals surface area contributed by atoms with E-state index in [0.29, 0.717) is 17.1 Å². The molecule has 0 N–H and O–H groups in total. The fourth-order valence-corrected chi connectivity index (χ4v) is 1.87. The highest BCUT2D eigenvalue weighted by molar-refractivity contribution is 6.30. The highest BCUT2D eigenvalue weighted by Crippen LogP contribution is 2.10. The molecule has 1 aromatic carbocycles. The van der Waals surface area contributed by atoms with Crippen molar-refractivity contribution in [2.24, 2.45) is 0 Å². The first-order valence-corrected chi connectivity index (χ1v) is 6.39. The van der Waals surface area contributed by atoms with Crippen LogP contribution in [0.1, 0.15) is 10.4 Å². The van der Waals surface area contributed by atoms with Gasteiger partial charge in [-0.2, -0.15) is 4.57 Å². The van der Waals surface area contributed by atoms with Crippen molar-refractivity contribution in [2.75, 3.05) is 19.0 Å². The third-order valence-corrected chi connectivity index (χ3v) is 3.13. The quantitative estimate of drug-likeness (QED) is 0.566. The number of carbonyl (C=O) groups is 1. The van der Waals surface area contributed by atoms with E-state index in [1.54, 1.807) is 24.3 Å². The van der Waals surface area contributed by atoms with E-state index in [9.17, 15) is 4.79 Å². The molecule has 0 unspecified atom stereocenters. The number of pyridine rings is 1. The van der Waals surface area contributed by atoms with Gasteiger partial charge in [0, 0.05) is 42.5 Å². The van der Waals surface area contributed by atoms with Gasteiger partial charge in [0.05, 0.1) is 0 Å². The summed E-state index contributed by atoms with van der Waals surface area (Å²) in [7, 11) is 3.97. The van der Waals surface area contributed by atoms with Crippen molar-refractivity contribution in [3.63, 3.8) is 0 Å². The van der Waals surface area contributed by atoms with Gasteiger partial charge in [0.15, 0.2) is 12.4 Å². The predicted molar refractivity (Wildman–Crippen MR) is 76.7 cm³/mol. The van der Waals surface area contributed by atoms with Gasteiger partial charge in [-0.25, -0.2) is 0 Å². The Morgan fingerprint density at radius 3 is 2.15 bits per heavy atom. The van der Waals surface area contributed by atoms with Crippen LogP contribution in [0.5, 0.6) is 0 Å². The monoisotopic (exact) mass is 310 g/mol. The Balaban J connectivity index is 0.00000200. The molecule has 0 aliphatic heterocycles. The second kappa shape index (κ2) is 7.27. The van der Waals surface area contributed by atoms with Crippen LogP contribution in [0.3, 0.4) is 0 Å². The number of anilines is 1. The van der Waals surface area contributed by atoms with Crippen LogP contribution in [-0.4, -0.2) is 19.9 Å². The summed E-state index contributed by atoms with van der Waals surface area (Å²) >= 11 is 5.80. The molecule has 1 aromatic heterocycles. The van der Waals surface area contributed by atoms with Crippen molar-refractivity contribution in [3.8, 4) is 0 Å². The first-order chi connectivity index (χ1) is 9.06. The molecule has 0 bridgehead atoms. The van der Waals surface area contributed by atoms with E-state index in [1.165, 1.54) is 0 Å². The number of hydrogen-bond acceptors (Lipinski definition) is 2. The lowest BCUT2D eigenvalue weighted by Crippen LogP contribution is -3.00. The van der Waals surface area contributed by atoms with Gasteiger partial charge in [-0.15, -0.1) is 0 Å². The van der Waals surface area contributed by atoms with Crippen LogP contribution in [0.4, 0.5) is 5.69 Å². The summed E-state index contributed by atoms with van der Waals surface area (Å²) < 4.78 is 1.87. The Morgan fingerprint density at radius 1 is 1.10 bits per heavy atom. The Labute approximate surface area is 130 Å². The van der Waals surface area contributed by atoms with Crippen molar-refractivity contribution in [1.82, 2.24) is 0 Å². The van der Waals surface area contributed by atoms with Crippen molar-refractivity contribution in [1.29, 1.82) is 0 Å². The standard InChI is InChI=1S/C15H16ClN2O.ClH/c1-17(2)14-7-9-18(10-8-14)11-15(19)12-3-5-13(16)6-4-12;/h3-10H,11H2,1-2H3;1H/q+1;/p-1. The summed E-state index contributed by atoms with van der Waals surface area (Å²) in [5.41, 5.74) is 1.78. The summed E-state index contributed by atoms with van der Waals surface area (Å²) in [6.07, 6.45) is 3.81. The van der Waals surface area contributed by atoms with E-state index in [4.69, 9.17) is 11.6 Å². The molecule has 0 aliphatic rings. The van der Waals surface area contributed by atoms with E-state index < -0.39 is 0 Å². The smallest absolute Gasteiger partial charge is 0.227 e. The highest BCUT2D eigenvalue weighted by atomic mass is 35.5. The van der Waals surface area contributed by atoms with Gasteiger partial charge < -0.3 is 17.3 Å². The van der Waals surface area contributed by atoms with Crippen molar-refractivity contribution in [3.05, 3.63) is 59.4 Å². The van der Waals surface area contributed by atoms with Crippen LogP contribution in [0.2, 0.25) is 5.02 Å². The minimum absolute atomic E-state index is 0. The molecule has 5 heteroatoms. The molecular formula is C15H16Cl2N2O. The molecule has 0 saturated heterocycles. The molecule has 0 amide bonds. The summed E-state index contributed by atoms with van der Waals surface area (Å²) in [6.45, 7) is 0.329. The summed E-state index contributed by atoms with van der Waals surface area (Å²) in [6, 6.07) is 10.9. The van der Waals surface area contributed by atoms with Gasteiger partial charge in [0.1, 0.15) is 0 Å². The van der Waals surface area contributed by atoms with Crippen LogP contribution in [0.15, 0.2) is 48.8 Å². The normalized spacial score (nSPS) is 9.75. The molecule has 0 radical (unpaired) electrons. The maximum absolute atomic E-state index is 12.1. The van der Waals surface area contributed by atoms with Crippen LogP contribution in [0, 0.1) is 0 Å². The van der Waals surface area contributed by atoms with Gasteiger partial charge >= 0.3 is 0 Å². The molecule has 0 saturated carbocycles. The van der Waals surface area contributed by atoms with Crippen molar-refractivity contribution >= 4 is 23.1 Å². The largest absolute Gasteiger partial charge is 1.00 e. The molecule has 106 valence electrons. The Morgan fingerprint density at radius 2 is 1.65 bits per heavy atom. The van der Waals surface area contributed by atoms with Gasteiger partial charge in [0.25, 0.3) is 0 Å². The van der Waals surface area contributed by atoms with Crippen LogP contribution in [0.25, 0.3) is 0 Å². The zero-order valence-corrected chi connectivity index (χ0v) is 12.9. The molecule has 2 aromatic rings. The lowest BCUT2D eigenvalue weighted by atomic mass is 10.1. The number of nitrogens with zero attached hydrogens (tertiary/aromatic N) is 2. The van der Waals surface area contributed by atoms with E-state index in [0.717, 1.165) is 5.69 Å². The van der Waals surface area contributed by atoms with Crippen molar-refractivity contribution in [2.45, 2.75) is 6.54 Å². The summed E-state index contributed by atoms with van der Waals surface area (Å²) in [4.78, 5) is 14.1. The third kappa shape index (κ3) is 4.22. The Bertz CT molecular complexity index is 565. The Kier molecular flexibility index (Phi) is 5.99. The average molecular weight is 311 g/mol. The number of ketones is 1. The number of aromatic nitrogens is 1. The first-order valence-electron chi connectivity index (χ1n) is 6.01. The maximum Gasteiger partial charge on any atom is 0.227 e. The fraction of sp³-hybridized carbons (Fsp3) is 0.200.